The van der Waals surface area contributed by atoms with E-state index in [-0.39, 0.29) is 10.6 Å². The van der Waals surface area contributed by atoms with E-state index >= 15 is 0 Å². The zero-order valence-electron chi connectivity index (χ0n) is 8.24. The summed E-state index contributed by atoms with van der Waals surface area (Å²) in [6, 6.07) is 3.87. The fourth-order valence-electron chi connectivity index (χ4n) is 1.72. The van der Waals surface area contributed by atoms with Crippen LogP contribution in [0.4, 0.5) is 13.2 Å². The van der Waals surface area contributed by atoms with Crippen LogP contribution in [0.3, 0.4) is 0 Å². The summed E-state index contributed by atoms with van der Waals surface area (Å²) in [6.45, 7) is 0.676. The predicted molar refractivity (Wildman–Crippen MR) is 57.1 cm³/mol. The van der Waals surface area contributed by atoms with Crippen LogP contribution < -0.4 is 5.32 Å². The van der Waals surface area contributed by atoms with Gasteiger partial charge in [-0.05, 0) is 29.7 Å². The van der Waals surface area contributed by atoms with Crippen LogP contribution in [0.5, 0.6) is 0 Å². The highest BCUT2D eigenvalue weighted by Crippen LogP contribution is 2.37. The number of hydrogen-bond donors (Lipinski definition) is 1. The molecule has 1 N–H and O–H groups in total. The number of hydrogen-bond acceptors (Lipinski definition) is 1. The minimum absolute atomic E-state index is 0.0997. The third-order valence-corrected chi connectivity index (χ3v) is 2.68. The molecule has 1 aliphatic rings. The van der Waals surface area contributed by atoms with Crippen LogP contribution in [-0.2, 0) is 6.18 Å². The molecule has 0 saturated carbocycles. The largest absolute Gasteiger partial charge is 0.417 e. The first-order valence-corrected chi connectivity index (χ1v) is 5.16. The maximum atomic E-state index is 12.8. The molecule has 0 unspecified atom stereocenters. The quantitative estimate of drug-likeness (QED) is 0.798. The third kappa shape index (κ3) is 2.16. The topological polar surface area (TPSA) is 12.0 Å². The van der Waals surface area contributed by atoms with Crippen LogP contribution in [0.25, 0.3) is 5.57 Å². The van der Waals surface area contributed by atoms with Gasteiger partial charge < -0.3 is 5.32 Å². The van der Waals surface area contributed by atoms with Gasteiger partial charge in [0, 0.05) is 17.8 Å². The minimum atomic E-state index is -4.37. The molecule has 1 aliphatic heterocycles. The van der Waals surface area contributed by atoms with Gasteiger partial charge >= 0.3 is 6.18 Å². The Kier molecular flexibility index (Phi) is 2.84. The molecule has 0 atom stereocenters. The Morgan fingerprint density at radius 3 is 2.56 bits per heavy atom. The lowest BCUT2D eigenvalue weighted by molar-refractivity contribution is -0.137. The van der Waals surface area contributed by atoms with Crippen molar-refractivity contribution in [3.8, 4) is 0 Å². The Hall–Kier alpha value is -1.16. The summed E-state index contributed by atoms with van der Waals surface area (Å²) in [6.07, 6.45) is -2.15. The molecule has 0 bridgehead atoms. The summed E-state index contributed by atoms with van der Waals surface area (Å²) in [4.78, 5) is 0. The molecule has 0 saturated heterocycles. The average molecular weight is 248 g/mol. The van der Waals surface area contributed by atoms with E-state index in [1.54, 1.807) is 6.20 Å². The fourth-order valence-corrected chi connectivity index (χ4v) is 1.89. The SMILES string of the molecule is FC(F)(F)c1cc(Cl)ccc1C1=CNCC1. The second-order valence-electron chi connectivity index (χ2n) is 3.56. The van der Waals surface area contributed by atoms with Crippen LogP contribution in [-0.4, -0.2) is 6.54 Å². The number of alkyl halides is 3. The van der Waals surface area contributed by atoms with Crippen LogP contribution >= 0.6 is 11.6 Å². The van der Waals surface area contributed by atoms with Gasteiger partial charge in [-0.1, -0.05) is 17.7 Å². The molecule has 5 heteroatoms. The highest BCUT2D eigenvalue weighted by molar-refractivity contribution is 6.30. The molecule has 86 valence electrons. The van der Waals surface area contributed by atoms with Crippen molar-refractivity contribution in [3.05, 3.63) is 40.5 Å². The van der Waals surface area contributed by atoms with Crippen molar-refractivity contribution in [1.82, 2.24) is 5.32 Å². The molecular formula is C11H9ClF3N. The first-order chi connectivity index (χ1) is 7.48. The Morgan fingerprint density at radius 2 is 2.00 bits per heavy atom. The Balaban J connectivity index is 2.52. The lowest BCUT2D eigenvalue weighted by Crippen LogP contribution is -2.08. The number of benzene rings is 1. The summed E-state index contributed by atoms with van der Waals surface area (Å²) in [5.74, 6) is 0. The van der Waals surface area contributed by atoms with Gasteiger partial charge in [-0.3, -0.25) is 0 Å². The summed E-state index contributed by atoms with van der Waals surface area (Å²) < 4.78 is 38.3. The van der Waals surface area contributed by atoms with E-state index in [1.165, 1.54) is 12.1 Å². The minimum Gasteiger partial charge on any atom is -0.390 e. The zero-order chi connectivity index (χ0) is 11.8. The molecule has 0 aromatic heterocycles. The van der Waals surface area contributed by atoms with Gasteiger partial charge in [0.05, 0.1) is 5.56 Å². The maximum absolute atomic E-state index is 12.8. The molecule has 1 heterocycles. The van der Waals surface area contributed by atoms with Gasteiger partial charge in [-0.25, -0.2) is 0 Å². The van der Waals surface area contributed by atoms with E-state index in [0.717, 1.165) is 6.07 Å². The van der Waals surface area contributed by atoms with Gasteiger partial charge in [0.1, 0.15) is 0 Å². The van der Waals surface area contributed by atoms with Crippen LogP contribution in [0.15, 0.2) is 24.4 Å². The number of halogens is 4. The summed E-state index contributed by atoms with van der Waals surface area (Å²) >= 11 is 5.59. The van der Waals surface area contributed by atoms with Crippen molar-refractivity contribution < 1.29 is 13.2 Å². The highest BCUT2D eigenvalue weighted by Gasteiger charge is 2.34. The van der Waals surface area contributed by atoms with Crippen LogP contribution in [0.2, 0.25) is 5.02 Å². The van der Waals surface area contributed by atoms with Crippen molar-refractivity contribution in [3.63, 3.8) is 0 Å². The number of nitrogens with one attached hydrogen (secondary N) is 1. The van der Waals surface area contributed by atoms with E-state index in [9.17, 15) is 13.2 Å². The Morgan fingerprint density at radius 1 is 1.25 bits per heavy atom. The normalized spacial score (nSPS) is 15.9. The molecule has 1 aromatic rings. The first kappa shape index (κ1) is 11.3. The molecule has 1 nitrogen and oxygen atoms in total. The fraction of sp³-hybridized carbons (Fsp3) is 0.273. The van der Waals surface area contributed by atoms with Crippen molar-refractivity contribution in [2.24, 2.45) is 0 Å². The molecule has 16 heavy (non-hydrogen) atoms. The van der Waals surface area contributed by atoms with E-state index in [2.05, 4.69) is 5.32 Å². The molecular weight excluding hydrogens is 239 g/mol. The van der Waals surface area contributed by atoms with E-state index < -0.39 is 11.7 Å². The van der Waals surface area contributed by atoms with Gasteiger partial charge in [0.25, 0.3) is 0 Å². The van der Waals surface area contributed by atoms with E-state index in [0.29, 0.717) is 18.5 Å². The lowest BCUT2D eigenvalue weighted by Gasteiger charge is -2.13. The third-order valence-electron chi connectivity index (χ3n) is 2.45. The molecule has 0 fully saturated rings. The van der Waals surface area contributed by atoms with Crippen molar-refractivity contribution in [2.75, 3.05) is 6.54 Å². The summed E-state index contributed by atoms with van der Waals surface area (Å²) in [5, 5.41) is 3.00. The van der Waals surface area contributed by atoms with Gasteiger partial charge in [-0.15, -0.1) is 0 Å². The lowest BCUT2D eigenvalue weighted by atomic mass is 9.99. The second-order valence-corrected chi connectivity index (χ2v) is 4.00. The average Bonchev–Trinajstić information content (AvgIpc) is 2.69. The summed E-state index contributed by atoms with van der Waals surface area (Å²) in [7, 11) is 0. The molecule has 0 spiro atoms. The van der Waals surface area contributed by atoms with Crippen molar-refractivity contribution >= 4 is 17.2 Å². The number of rotatable bonds is 1. The monoisotopic (exact) mass is 247 g/mol. The Labute approximate surface area is 95.9 Å². The standard InChI is InChI=1S/C11H9ClF3N/c12-8-1-2-9(7-3-4-16-6-7)10(5-8)11(13,14)15/h1-2,5-6,16H,3-4H2. The Bertz CT molecular complexity index is 437. The maximum Gasteiger partial charge on any atom is 0.417 e. The molecule has 1 aromatic carbocycles. The smallest absolute Gasteiger partial charge is 0.390 e. The molecule has 0 radical (unpaired) electrons. The molecule has 2 rings (SSSR count). The molecule has 0 amide bonds. The predicted octanol–water partition coefficient (Wildman–Crippen LogP) is 3.69. The van der Waals surface area contributed by atoms with Gasteiger partial charge in [0.2, 0.25) is 0 Å². The molecule has 0 aliphatic carbocycles. The first-order valence-electron chi connectivity index (χ1n) is 4.78. The second kappa shape index (κ2) is 4.01. The van der Waals surface area contributed by atoms with Crippen molar-refractivity contribution in [2.45, 2.75) is 12.6 Å². The van der Waals surface area contributed by atoms with Gasteiger partial charge in [0.15, 0.2) is 0 Å². The van der Waals surface area contributed by atoms with E-state index in [1.807, 2.05) is 0 Å². The zero-order valence-corrected chi connectivity index (χ0v) is 8.99. The highest BCUT2D eigenvalue weighted by atomic mass is 35.5. The van der Waals surface area contributed by atoms with Crippen LogP contribution in [0.1, 0.15) is 17.5 Å². The van der Waals surface area contributed by atoms with E-state index in [4.69, 9.17) is 11.6 Å². The van der Waals surface area contributed by atoms with Gasteiger partial charge in [-0.2, -0.15) is 13.2 Å². The van der Waals surface area contributed by atoms with Crippen molar-refractivity contribution in [1.29, 1.82) is 0 Å². The van der Waals surface area contributed by atoms with Crippen LogP contribution in [0, 0.1) is 0 Å². The summed E-state index contributed by atoms with van der Waals surface area (Å²) in [5.41, 5.74) is 0.209.